The summed E-state index contributed by atoms with van der Waals surface area (Å²) in [6, 6.07) is 6.88. The second-order valence-electron chi connectivity index (χ2n) is 4.80. The van der Waals surface area contributed by atoms with Crippen molar-refractivity contribution in [3.63, 3.8) is 0 Å². The minimum atomic E-state index is 0.366. The maximum Gasteiger partial charge on any atom is 0.0380 e. The Morgan fingerprint density at radius 1 is 1.50 bits per heavy atom. The van der Waals surface area contributed by atoms with Crippen LogP contribution in [0.25, 0.3) is 0 Å². The number of hydrogen-bond donors (Lipinski definition) is 1. The molecule has 0 aliphatic heterocycles. The van der Waals surface area contributed by atoms with Crippen molar-refractivity contribution >= 4 is 21.6 Å². The van der Waals surface area contributed by atoms with E-state index in [1.54, 1.807) is 0 Å². The molecule has 100 valence electrons. The van der Waals surface area contributed by atoms with E-state index in [2.05, 4.69) is 71.8 Å². The number of likely N-dealkylation sites (N-methyl/N-ethyl adjacent to an activating group) is 1. The fourth-order valence-electron chi connectivity index (χ4n) is 2.02. The standard InChI is InChI=1S/C15H23BrN2/c1-6-17-12(4)14-8-7-13(9-15(14)16)18(5)10-11(2)3/h7-9,12,17H,2,6,10H2,1,3-5H3. The van der Waals surface area contributed by atoms with Gasteiger partial charge in [-0.05, 0) is 38.1 Å². The third kappa shape index (κ3) is 4.14. The van der Waals surface area contributed by atoms with Crippen molar-refractivity contribution in [2.24, 2.45) is 0 Å². The number of anilines is 1. The molecule has 1 aromatic carbocycles. The van der Waals surface area contributed by atoms with E-state index >= 15 is 0 Å². The molecule has 0 aliphatic carbocycles. The van der Waals surface area contributed by atoms with E-state index < -0.39 is 0 Å². The van der Waals surface area contributed by atoms with Crippen molar-refractivity contribution in [2.75, 3.05) is 25.0 Å². The molecule has 0 saturated carbocycles. The molecule has 0 radical (unpaired) electrons. The monoisotopic (exact) mass is 310 g/mol. The lowest BCUT2D eigenvalue weighted by atomic mass is 10.1. The predicted octanol–water partition coefficient (Wildman–Crippen LogP) is 4.13. The first-order chi connectivity index (χ1) is 8.45. The highest BCUT2D eigenvalue weighted by Crippen LogP contribution is 2.28. The molecule has 1 N–H and O–H groups in total. The van der Waals surface area contributed by atoms with Gasteiger partial charge in [0, 0.05) is 29.8 Å². The van der Waals surface area contributed by atoms with Crippen LogP contribution in [-0.4, -0.2) is 20.1 Å². The van der Waals surface area contributed by atoms with Crippen LogP contribution in [0.3, 0.4) is 0 Å². The van der Waals surface area contributed by atoms with Gasteiger partial charge in [-0.15, -0.1) is 0 Å². The summed E-state index contributed by atoms with van der Waals surface area (Å²) in [4.78, 5) is 2.20. The zero-order valence-corrected chi connectivity index (χ0v) is 13.3. The summed E-state index contributed by atoms with van der Waals surface area (Å²) in [5.74, 6) is 0. The van der Waals surface area contributed by atoms with E-state index in [1.807, 2.05) is 6.92 Å². The summed E-state index contributed by atoms with van der Waals surface area (Å²) in [7, 11) is 2.09. The molecule has 1 rings (SSSR count). The Morgan fingerprint density at radius 2 is 2.17 bits per heavy atom. The molecule has 0 bridgehead atoms. The van der Waals surface area contributed by atoms with Crippen molar-refractivity contribution in [1.29, 1.82) is 0 Å². The first kappa shape index (κ1) is 15.3. The van der Waals surface area contributed by atoms with Crippen LogP contribution in [0, 0.1) is 0 Å². The maximum atomic E-state index is 3.95. The van der Waals surface area contributed by atoms with E-state index in [0.29, 0.717) is 6.04 Å². The summed E-state index contributed by atoms with van der Waals surface area (Å²) in [6.45, 7) is 12.2. The van der Waals surface area contributed by atoms with Crippen LogP contribution in [0.4, 0.5) is 5.69 Å². The molecule has 1 atom stereocenters. The van der Waals surface area contributed by atoms with Gasteiger partial charge in [-0.1, -0.05) is 41.1 Å². The van der Waals surface area contributed by atoms with Gasteiger partial charge in [-0.2, -0.15) is 0 Å². The largest absolute Gasteiger partial charge is 0.371 e. The van der Waals surface area contributed by atoms with Gasteiger partial charge >= 0.3 is 0 Å². The first-order valence-corrected chi connectivity index (χ1v) is 7.13. The van der Waals surface area contributed by atoms with Crippen LogP contribution in [0.15, 0.2) is 34.8 Å². The van der Waals surface area contributed by atoms with Gasteiger partial charge in [0.05, 0.1) is 0 Å². The van der Waals surface area contributed by atoms with Crippen LogP contribution in [0.2, 0.25) is 0 Å². The molecule has 1 aromatic rings. The maximum absolute atomic E-state index is 3.95. The van der Waals surface area contributed by atoms with E-state index in [-0.39, 0.29) is 0 Å². The molecule has 3 heteroatoms. The summed E-state index contributed by atoms with van der Waals surface area (Å²) in [5.41, 5.74) is 3.67. The Hall–Kier alpha value is -0.800. The fourth-order valence-corrected chi connectivity index (χ4v) is 2.73. The second kappa shape index (κ2) is 6.95. The van der Waals surface area contributed by atoms with E-state index in [1.165, 1.54) is 16.8 Å². The molecular formula is C15H23BrN2. The Balaban J connectivity index is 2.88. The smallest absolute Gasteiger partial charge is 0.0380 e. The molecule has 0 aliphatic rings. The number of benzene rings is 1. The molecule has 18 heavy (non-hydrogen) atoms. The van der Waals surface area contributed by atoms with Crippen LogP contribution >= 0.6 is 15.9 Å². The third-order valence-corrected chi connectivity index (χ3v) is 3.60. The minimum absolute atomic E-state index is 0.366. The highest BCUT2D eigenvalue weighted by atomic mass is 79.9. The quantitative estimate of drug-likeness (QED) is 0.795. The Morgan fingerprint density at radius 3 is 2.67 bits per heavy atom. The summed E-state index contributed by atoms with van der Waals surface area (Å²) >= 11 is 3.66. The zero-order chi connectivity index (χ0) is 13.7. The van der Waals surface area contributed by atoms with Gasteiger partial charge in [0.1, 0.15) is 0 Å². The average molecular weight is 311 g/mol. The molecule has 0 spiro atoms. The van der Waals surface area contributed by atoms with Gasteiger partial charge in [0.25, 0.3) is 0 Å². The van der Waals surface area contributed by atoms with Crippen molar-refractivity contribution in [3.8, 4) is 0 Å². The lowest BCUT2D eigenvalue weighted by molar-refractivity contribution is 0.596. The summed E-state index contributed by atoms with van der Waals surface area (Å²) in [5, 5.41) is 3.43. The fraction of sp³-hybridized carbons (Fsp3) is 0.467. The second-order valence-corrected chi connectivity index (χ2v) is 5.65. The van der Waals surface area contributed by atoms with Crippen LogP contribution in [0.5, 0.6) is 0 Å². The van der Waals surface area contributed by atoms with Gasteiger partial charge in [0.15, 0.2) is 0 Å². The van der Waals surface area contributed by atoms with E-state index in [0.717, 1.165) is 17.6 Å². The van der Waals surface area contributed by atoms with Crippen LogP contribution in [-0.2, 0) is 0 Å². The van der Waals surface area contributed by atoms with Gasteiger partial charge in [-0.3, -0.25) is 0 Å². The van der Waals surface area contributed by atoms with Crippen molar-refractivity contribution in [2.45, 2.75) is 26.8 Å². The van der Waals surface area contributed by atoms with Crippen LogP contribution in [0.1, 0.15) is 32.4 Å². The van der Waals surface area contributed by atoms with Gasteiger partial charge in [0.2, 0.25) is 0 Å². The highest BCUT2D eigenvalue weighted by Gasteiger charge is 2.10. The molecule has 0 amide bonds. The topological polar surface area (TPSA) is 15.3 Å². The molecule has 0 fully saturated rings. The highest BCUT2D eigenvalue weighted by molar-refractivity contribution is 9.10. The molecule has 1 unspecified atom stereocenters. The number of hydrogen-bond acceptors (Lipinski definition) is 2. The molecule has 0 saturated heterocycles. The molecule has 0 heterocycles. The Labute approximate surface area is 119 Å². The zero-order valence-electron chi connectivity index (χ0n) is 11.8. The van der Waals surface area contributed by atoms with E-state index in [4.69, 9.17) is 0 Å². The Kier molecular flexibility index (Phi) is 5.89. The minimum Gasteiger partial charge on any atom is -0.371 e. The van der Waals surface area contributed by atoms with Crippen molar-refractivity contribution in [3.05, 3.63) is 40.4 Å². The summed E-state index contributed by atoms with van der Waals surface area (Å²) in [6.07, 6.45) is 0. The molecule has 0 aromatic heterocycles. The number of nitrogens with zero attached hydrogens (tertiary/aromatic N) is 1. The summed E-state index contributed by atoms with van der Waals surface area (Å²) < 4.78 is 1.15. The van der Waals surface area contributed by atoms with Gasteiger partial charge in [-0.25, -0.2) is 0 Å². The van der Waals surface area contributed by atoms with Gasteiger partial charge < -0.3 is 10.2 Å². The number of nitrogens with one attached hydrogen (secondary N) is 1. The predicted molar refractivity (Wildman–Crippen MR) is 84.3 cm³/mol. The lowest BCUT2D eigenvalue weighted by Crippen LogP contribution is -2.20. The SMILES string of the molecule is C=C(C)CN(C)c1ccc(C(C)NCC)c(Br)c1. The van der Waals surface area contributed by atoms with Crippen molar-refractivity contribution in [1.82, 2.24) is 5.32 Å². The first-order valence-electron chi connectivity index (χ1n) is 6.34. The average Bonchev–Trinajstić information content (AvgIpc) is 2.28. The third-order valence-electron chi connectivity index (χ3n) is 2.91. The van der Waals surface area contributed by atoms with E-state index in [9.17, 15) is 0 Å². The Bertz CT molecular complexity index is 415. The lowest BCUT2D eigenvalue weighted by Gasteiger charge is -2.22. The number of halogens is 1. The van der Waals surface area contributed by atoms with Crippen molar-refractivity contribution < 1.29 is 0 Å². The normalized spacial score (nSPS) is 12.3. The van der Waals surface area contributed by atoms with Crippen LogP contribution < -0.4 is 10.2 Å². The molecule has 2 nitrogen and oxygen atoms in total. The molecular weight excluding hydrogens is 288 g/mol. The number of rotatable bonds is 6.